The van der Waals surface area contributed by atoms with Crippen molar-refractivity contribution in [1.82, 2.24) is 10.3 Å². The summed E-state index contributed by atoms with van der Waals surface area (Å²) in [6.45, 7) is 0.748. The molecule has 0 bridgehead atoms. The number of allylic oxidation sites excluding steroid dienone is 1. The van der Waals surface area contributed by atoms with Crippen molar-refractivity contribution < 1.29 is 4.79 Å². The Balaban J connectivity index is 1.67. The third-order valence-electron chi connectivity index (χ3n) is 3.22. The quantitative estimate of drug-likeness (QED) is 0.809. The molecule has 3 heteroatoms. The first-order valence-corrected chi connectivity index (χ1v) is 6.69. The molecule has 0 spiro atoms. The summed E-state index contributed by atoms with van der Waals surface area (Å²) in [5.41, 5.74) is 2.33. The first kappa shape index (κ1) is 12.8. The van der Waals surface area contributed by atoms with Gasteiger partial charge in [0.25, 0.3) is 0 Å². The summed E-state index contributed by atoms with van der Waals surface area (Å²) in [5, 5.41) is 2.96. The molecule has 1 heterocycles. The van der Waals surface area contributed by atoms with Crippen LogP contribution in [0.3, 0.4) is 0 Å². The normalized spacial score (nSPS) is 15.0. The molecule has 96 valence electrons. The molecule has 18 heavy (non-hydrogen) atoms. The Bertz CT molecular complexity index is 412. The van der Waals surface area contributed by atoms with Crippen molar-refractivity contribution in [2.24, 2.45) is 0 Å². The van der Waals surface area contributed by atoms with Gasteiger partial charge in [-0.15, -0.1) is 0 Å². The van der Waals surface area contributed by atoms with E-state index in [2.05, 4.69) is 16.4 Å². The van der Waals surface area contributed by atoms with Crippen molar-refractivity contribution in [2.45, 2.75) is 38.5 Å². The SMILES string of the molecule is O=C(Cc1ccccn1)NCCC1=CCCCC1. The number of carbonyl (C=O) groups is 1. The van der Waals surface area contributed by atoms with Gasteiger partial charge in [-0.2, -0.15) is 0 Å². The van der Waals surface area contributed by atoms with E-state index < -0.39 is 0 Å². The van der Waals surface area contributed by atoms with Crippen LogP contribution >= 0.6 is 0 Å². The molecular formula is C15H20N2O. The van der Waals surface area contributed by atoms with Gasteiger partial charge >= 0.3 is 0 Å². The number of aromatic nitrogens is 1. The van der Waals surface area contributed by atoms with Crippen molar-refractivity contribution in [1.29, 1.82) is 0 Å². The van der Waals surface area contributed by atoms with Crippen molar-refractivity contribution >= 4 is 5.91 Å². The van der Waals surface area contributed by atoms with E-state index in [1.54, 1.807) is 6.20 Å². The zero-order valence-corrected chi connectivity index (χ0v) is 10.7. The maximum Gasteiger partial charge on any atom is 0.226 e. The highest BCUT2D eigenvalue weighted by molar-refractivity contribution is 5.78. The van der Waals surface area contributed by atoms with Gasteiger partial charge in [0, 0.05) is 18.4 Å². The summed E-state index contributed by atoms with van der Waals surface area (Å²) in [4.78, 5) is 15.8. The lowest BCUT2D eigenvalue weighted by atomic mass is 9.97. The van der Waals surface area contributed by atoms with Gasteiger partial charge in [0.1, 0.15) is 0 Å². The van der Waals surface area contributed by atoms with Crippen molar-refractivity contribution in [3.63, 3.8) is 0 Å². The predicted octanol–water partition coefficient (Wildman–Crippen LogP) is 2.63. The van der Waals surface area contributed by atoms with Gasteiger partial charge in [-0.1, -0.05) is 17.7 Å². The first-order valence-electron chi connectivity index (χ1n) is 6.69. The summed E-state index contributed by atoms with van der Waals surface area (Å²) in [6, 6.07) is 5.64. The Hall–Kier alpha value is -1.64. The van der Waals surface area contributed by atoms with Crippen molar-refractivity contribution in [2.75, 3.05) is 6.54 Å². The molecule has 0 unspecified atom stereocenters. The van der Waals surface area contributed by atoms with Crippen LogP contribution in [0.1, 0.15) is 37.8 Å². The summed E-state index contributed by atoms with van der Waals surface area (Å²) in [5.74, 6) is 0.0603. The van der Waals surface area contributed by atoms with Crippen LogP contribution < -0.4 is 5.32 Å². The molecule has 0 radical (unpaired) electrons. The standard InChI is InChI=1S/C15H20N2O/c18-15(12-14-8-4-5-10-16-14)17-11-9-13-6-2-1-3-7-13/h4-6,8,10H,1-3,7,9,11-12H2,(H,17,18). The van der Waals surface area contributed by atoms with Crippen LogP contribution in [0.2, 0.25) is 0 Å². The van der Waals surface area contributed by atoms with Gasteiger partial charge in [0.15, 0.2) is 0 Å². The maximum atomic E-state index is 11.7. The van der Waals surface area contributed by atoms with Crippen LogP contribution in [0.25, 0.3) is 0 Å². The largest absolute Gasteiger partial charge is 0.355 e. The number of carbonyl (C=O) groups excluding carboxylic acids is 1. The van der Waals surface area contributed by atoms with Crippen LogP contribution in [0.5, 0.6) is 0 Å². The minimum Gasteiger partial charge on any atom is -0.355 e. The molecule has 0 saturated heterocycles. The van der Waals surface area contributed by atoms with Gasteiger partial charge in [0.05, 0.1) is 6.42 Å². The number of nitrogens with one attached hydrogen (secondary N) is 1. The third kappa shape index (κ3) is 4.32. The lowest BCUT2D eigenvalue weighted by Crippen LogP contribution is -2.26. The molecule has 0 saturated carbocycles. The van der Waals surface area contributed by atoms with Gasteiger partial charge in [-0.05, 0) is 44.2 Å². The van der Waals surface area contributed by atoms with Gasteiger partial charge in [-0.25, -0.2) is 0 Å². The second-order valence-electron chi connectivity index (χ2n) is 4.71. The minimum absolute atomic E-state index is 0.0603. The number of pyridine rings is 1. The van der Waals surface area contributed by atoms with E-state index in [-0.39, 0.29) is 5.91 Å². The lowest BCUT2D eigenvalue weighted by molar-refractivity contribution is -0.120. The molecule has 0 fully saturated rings. The fraction of sp³-hybridized carbons (Fsp3) is 0.467. The van der Waals surface area contributed by atoms with E-state index in [4.69, 9.17) is 0 Å². The fourth-order valence-corrected chi connectivity index (χ4v) is 2.22. The van der Waals surface area contributed by atoms with Crippen molar-refractivity contribution in [3.8, 4) is 0 Å². The number of rotatable bonds is 5. The summed E-state index contributed by atoms with van der Waals surface area (Å²) < 4.78 is 0. The molecule has 1 aliphatic carbocycles. The second kappa shape index (κ2) is 6.94. The van der Waals surface area contributed by atoms with Crippen LogP contribution in [0.15, 0.2) is 36.0 Å². The molecule has 1 amide bonds. The number of hydrogen-bond donors (Lipinski definition) is 1. The Labute approximate surface area is 108 Å². The highest BCUT2D eigenvalue weighted by Crippen LogP contribution is 2.19. The zero-order chi connectivity index (χ0) is 12.6. The number of hydrogen-bond acceptors (Lipinski definition) is 2. The van der Waals surface area contributed by atoms with E-state index in [0.717, 1.165) is 18.7 Å². The minimum atomic E-state index is 0.0603. The van der Waals surface area contributed by atoms with Gasteiger partial charge < -0.3 is 5.32 Å². The monoisotopic (exact) mass is 244 g/mol. The number of amides is 1. The van der Waals surface area contributed by atoms with Gasteiger partial charge in [-0.3, -0.25) is 9.78 Å². The Morgan fingerprint density at radius 3 is 3.00 bits per heavy atom. The molecule has 1 aromatic heterocycles. The third-order valence-corrected chi connectivity index (χ3v) is 3.22. The van der Waals surface area contributed by atoms with E-state index in [0.29, 0.717) is 6.42 Å². The molecule has 0 aromatic carbocycles. The van der Waals surface area contributed by atoms with Gasteiger partial charge in [0.2, 0.25) is 5.91 Å². The average Bonchev–Trinajstić information content (AvgIpc) is 2.41. The summed E-state index contributed by atoms with van der Waals surface area (Å²) in [6.07, 6.45) is 10.4. The summed E-state index contributed by atoms with van der Waals surface area (Å²) >= 11 is 0. The van der Waals surface area contributed by atoms with E-state index in [1.807, 2.05) is 18.2 Å². The molecule has 3 nitrogen and oxygen atoms in total. The van der Waals surface area contributed by atoms with Crippen molar-refractivity contribution in [3.05, 3.63) is 41.7 Å². The predicted molar refractivity (Wildman–Crippen MR) is 72.1 cm³/mol. The van der Waals surface area contributed by atoms with Crippen LogP contribution in [0, 0.1) is 0 Å². The zero-order valence-electron chi connectivity index (χ0n) is 10.7. The van der Waals surface area contributed by atoms with E-state index in [1.165, 1.54) is 31.3 Å². The average molecular weight is 244 g/mol. The Morgan fingerprint density at radius 1 is 1.33 bits per heavy atom. The van der Waals surface area contributed by atoms with Crippen LogP contribution in [0.4, 0.5) is 0 Å². The smallest absolute Gasteiger partial charge is 0.226 e. The molecular weight excluding hydrogens is 224 g/mol. The molecule has 2 rings (SSSR count). The second-order valence-corrected chi connectivity index (χ2v) is 4.71. The molecule has 0 aliphatic heterocycles. The van der Waals surface area contributed by atoms with E-state index >= 15 is 0 Å². The molecule has 0 atom stereocenters. The lowest BCUT2D eigenvalue weighted by Gasteiger charge is -2.12. The van der Waals surface area contributed by atoms with Crippen LogP contribution in [-0.4, -0.2) is 17.4 Å². The Morgan fingerprint density at radius 2 is 2.28 bits per heavy atom. The van der Waals surface area contributed by atoms with E-state index in [9.17, 15) is 4.79 Å². The van der Waals surface area contributed by atoms with Crippen LogP contribution in [-0.2, 0) is 11.2 Å². The molecule has 1 aliphatic rings. The fourth-order valence-electron chi connectivity index (χ4n) is 2.22. The maximum absolute atomic E-state index is 11.7. The topological polar surface area (TPSA) is 42.0 Å². The number of nitrogens with zero attached hydrogens (tertiary/aromatic N) is 1. The highest BCUT2D eigenvalue weighted by atomic mass is 16.1. The Kier molecular flexibility index (Phi) is 4.94. The first-order chi connectivity index (χ1) is 8.84. The molecule has 1 N–H and O–H groups in total. The molecule has 1 aromatic rings. The summed E-state index contributed by atoms with van der Waals surface area (Å²) in [7, 11) is 0. The highest BCUT2D eigenvalue weighted by Gasteiger charge is 2.06.